The number of carbonyl (C=O) groups excluding carboxylic acids is 1. The summed E-state index contributed by atoms with van der Waals surface area (Å²) in [5.41, 5.74) is 4.37. The molecule has 0 aliphatic heterocycles. The second kappa shape index (κ2) is 5.25. The lowest BCUT2D eigenvalue weighted by Crippen LogP contribution is -2.11. The Bertz CT molecular complexity index is 593. The maximum absolute atomic E-state index is 10.7. The number of aldehydes is 1. The molecule has 100 valence electrons. The van der Waals surface area contributed by atoms with Gasteiger partial charge in [0, 0.05) is 22.8 Å². The summed E-state index contributed by atoms with van der Waals surface area (Å²) < 4.78 is 0. The number of hydrogen-bond acceptors (Lipinski definition) is 3. The minimum Gasteiger partial charge on any atom is -0.298 e. The Kier molecular flexibility index (Phi) is 3.85. The van der Waals surface area contributed by atoms with Crippen LogP contribution >= 0.6 is 11.3 Å². The minimum absolute atomic E-state index is 0.102. The van der Waals surface area contributed by atoms with Crippen LogP contribution in [0.1, 0.15) is 53.0 Å². The van der Waals surface area contributed by atoms with Gasteiger partial charge in [-0.3, -0.25) is 4.79 Å². The third-order valence-corrected chi connectivity index (χ3v) is 4.01. The second-order valence-electron chi connectivity index (χ2n) is 5.86. The van der Waals surface area contributed by atoms with Gasteiger partial charge < -0.3 is 0 Å². The van der Waals surface area contributed by atoms with Gasteiger partial charge in [-0.1, -0.05) is 32.9 Å². The van der Waals surface area contributed by atoms with Crippen LogP contribution in [-0.4, -0.2) is 11.3 Å². The Morgan fingerprint density at radius 3 is 2.58 bits per heavy atom. The molecule has 0 radical (unpaired) electrons. The van der Waals surface area contributed by atoms with Crippen molar-refractivity contribution in [3.8, 4) is 0 Å². The molecule has 1 heterocycles. The maximum atomic E-state index is 10.7. The zero-order chi connectivity index (χ0) is 14.0. The van der Waals surface area contributed by atoms with Crippen molar-refractivity contribution in [2.24, 2.45) is 0 Å². The fourth-order valence-corrected chi connectivity index (χ4v) is 2.93. The van der Waals surface area contributed by atoms with Gasteiger partial charge in [0.1, 0.15) is 6.29 Å². The molecule has 2 nitrogen and oxygen atoms in total. The third kappa shape index (κ3) is 3.29. The first-order valence-corrected chi connectivity index (χ1v) is 7.27. The molecule has 0 aliphatic carbocycles. The van der Waals surface area contributed by atoms with Gasteiger partial charge in [0.15, 0.2) is 0 Å². The third-order valence-electron chi connectivity index (χ3n) is 3.16. The number of carbonyl (C=O) groups is 1. The van der Waals surface area contributed by atoms with E-state index in [1.165, 1.54) is 5.56 Å². The van der Waals surface area contributed by atoms with Crippen molar-refractivity contribution in [2.45, 2.75) is 39.5 Å². The molecule has 3 heteroatoms. The van der Waals surface area contributed by atoms with E-state index in [-0.39, 0.29) is 5.41 Å². The number of hydrogen-bond donors (Lipinski definition) is 0. The van der Waals surface area contributed by atoms with Crippen LogP contribution in [0.2, 0.25) is 0 Å². The summed E-state index contributed by atoms with van der Waals surface area (Å²) in [5.74, 6) is 0. The monoisotopic (exact) mass is 273 g/mol. The quantitative estimate of drug-likeness (QED) is 0.786. The Hall–Kier alpha value is -1.48. The molecule has 0 saturated heterocycles. The number of thiazole rings is 1. The number of benzene rings is 1. The lowest BCUT2D eigenvalue weighted by Gasteiger charge is -2.14. The van der Waals surface area contributed by atoms with E-state index in [1.807, 2.05) is 25.1 Å². The normalized spacial score (nSPS) is 11.6. The van der Waals surface area contributed by atoms with Gasteiger partial charge in [-0.15, -0.1) is 11.3 Å². The highest BCUT2D eigenvalue weighted by Crippen LogP contribution is 2.25. The van der Waals surface area contributed by atoms with Gasteiger partial charge in [-0.2, -0.15) is 0 Å². The molecule has 0 aliphatic rings. The number of aryl methyl sites for hydroxylation is 1. The van der Waals surface area contributed by atoms with Crippen molar-refractivity contribution in [3.63, 3.8) is 0 Å². The van der Waals surface area contributed by atoms with Crippen LogP contribution in [0.3, 0.4) is 0 Å². The van der Waals surface area contributed by atoms with Crippen molar-refractivity contribution in [2.75, 3.05) is 0 Å². The van der Waals surface area contributed by atoms with E-state index in [0.717, 1.165) is 34.5 Å². The molecule has 1 aromatic heterocycles. The topological polar surface area (TPSA) is 30.0 Å². The zero-order valence-corrected chi connectivity index (χ0v) is 12.7. The van der Waals surface area contributed by atoms with E-state index in [0.29, 0.717) is 0 Å². The van der Waals surface area contributed by atoms with Gasteiger partial charge in [0.05, 0.1) is 10.7 Å². The van der Waals surface area contributed by atoms with Crippen molar-refractivity contribution in [1.82, 2.24) is 4.98 Å². The molecule has 0 N–H and O–H groups in total. The van der Waals surface area contributed by atoms with Crippen molar-refractivity contribution in [1.29, 1.82) is 0 Å². The molecule has 0 fully saturated rings. The molecule has 0 amide bonds. The lowest BCUT2D eigenvalue weighted by molar-refractivity contribution is 0.112. The van der Waals surface area contributed by atoms with Crippen LogP contribution in [-0.2, 0) is 11.8 Å². The van der Waals surface area contributed by atoms with Crippen molar-refractivity contribution < 1.29 is 4.79 Å². The Balaban J connectivity index is 2.22. The minimum atomic E-state index is 0.102. The van der Waals surface area contributed by atoms with Crippen LogP contribution in [0, 0.1) is 6.92 Å². The molecule has 0 unspecified atom stereocenters. The summed E-state index contributed by atoms with van der Waals surface area (Å²) in [4.78, 5) is 15.4. The summed E-state index contributed by atoms with van der Waals surface area (Å²) in [5, 5.41) is 3.27. The summed E-state index contributed by atoms with van der Waals surface area (Å²) in [6.07, 6.45) is 1.73. The van der Waals surface area contributed by atoms with Crippen molar-refractivity contribution in [3.05, 3.63) is 51.0 Å². The van der Waals surface area contributed by atoms with Crippen LogP contribution in [0.25, 0.3) is 0 Å². The smallest absolute Gasteiger partial charge is 0.150 e. The standard InChI is InChI=1S/C16H19NOS/c1-11-7-12(9-18)5-6-13(11)8-15-17-14(10-19-15)16(2,3)4/h5-7,9-10H,8H2,1-4H3. The van der Waals surface area contributed by atoms with Crippen molar-refractivity contribution >= 4 is 17.6 Å². The number of aromatic nitrogens is 1. The van der Waals surface area contributed by atoms with Gasteiger partial charge in [0.25, 0.3) is 0 Å². The first-order valence-electron chi connectivity index (χ1n) is 6.40. The zero-order valence-electron chi connectivity index (χ0n) is 11.9. The van der Waals surface area contributed by atoms with Gasteiger partial charge in [-0.05, 0) is 24.1 Å². The van der Waals surface area contributed by atoms with E-state index in [2.05, 4.69) is 26.2 Å². The fourth-order valence-electron chi connectivity index (χ4n) is 1.89. The molecule has 19 heavy (non-hydrogen) atoms. The molecule has 0 spiro atoms. The Morgan fingerprint density at radius 2 is 2.05 bits per heavy atom. The highest BCUT2D eigenvalue weighted by atomic mass is 32.1. The molecule has 1 aromatic carbocycles. The van der Waals surface area contributed by atoms with E-state index < -0.39 is 0 Å². The summed E-state index contributed by atoms with van der Waals surface area (Å²) in [7, 11) is 0. The Morgan fingerprint density at radius 1 is 1.32 bits per heavy atom. The molecule has 2 aromatic rings. The SMILES string of the molecule is Cc1cc(C=O)ccc1Cc1nc(C(C)(C)C)cs1. The summed E-state index contributed by atoms with van der Waals surface area (Å²) >= 11 is 1.71. The highest BCUT2D eigenvalue weighted by molar-refractivity contribution is 7.09. The maximum Gasteiger partial charge on any atom is 0.150 e. The number of nitrogens with zero attached hydrogens (tertiary/aromatic N) is 1. The highest BCUT2D eigenvalue weighted by Gasteiger charge is 2.17. The van der Waals surface area contributed by atoms with Crippen LogP contribution in [0.15, 0.2) is 23.6 Å². The summed E-state index contributed by atoms with van der Waals surface area (Å²) in [6, 6.07) is 5.82. The predicted molar refractivity (Wildman–Crippen MR) is 80.2 cm³/mol. The van der Waals surface area contributed by atoms with Crippen LogP contribution in [0.5, 0.6) is 0 Å². The van der Waals surface area contributed by atoms with E-state index in [1.54, 1.807) is 11.3 Å². The van der Waals surface area contributed by atoms with E-state index >= 15 is 0 Å². The largest absolute Gasteiger partial charge is 0.298 e. The average molecular weight is 273 g/mol. The lowest BCUT2D eigenvalue weighted by atomic mass is 9.93. The second-order valence-corrected chi connectivity index (χ2v) is 6.80. The first-order chi connectivity index (χ1) is 8.90. The van der Waals surface area contributed by atoms with Crippen LogP contribution in [0.4, 0.5) is 0 Å². The molecular weight excluding hydrogens is 254 g/mol. The fraction of sp³-hybridized carbons (Fsp3) is 0.375. The average Bonchev–Trinajstić information content (AvgIpc) is 2.80. The van der Waals surface area contributed by atoms with Gasteiger partial charge in [0.2, 0.25) is 0 Å². The molecule has 0 saturated carbocycles. The molecular formula is C16H19NOS. The molecule has 0 bridgehead atoms. The summed E-state index contributed by atoms with van der Waals surface area (Å²) in [6.45, 7) is 8.57. The molecule has 0 atom stereocenters. The van der Waals surface area contributed by atoms with Gasteiger partial charge >= 0.3 is 0 Å². The van der Waals surface area contributed by atoms with E-state index in [9.17, 15) is 4.79 Å². The first kappa shape index (κ1) is 13.9. The predicted octanol–water partition coefficient (Wildman–Crippen LogP) is 4.15. The Labute approximate surface area is 118 Å². The van der Waals surface area contributed by atoms with Gasteiger partial charge in [-0.25, -0.2) is 4.98 Å². The number of rotatable bonds is 3. The molecule has 2 rings (SSSR count). The van der Waals surface area contributed by atoms with Crippen LogP contribution < -0.4 is 0 Å². The van der Waals surface area contributed by atoms with E-state index in [4.69, 9.17) is 4.98 Å².